The molecule has 0 saturated carbocycles. The van der Waals surface area contributed by atoms with Crippen LogP contribution in [0.5, 0.6) is 0 Å². The van der Waals surface area contributed by atoms with E-state index in [1.807, 2.05) is 0 Å². The Morgan fingerprint density at radius 1 is 0.213 bits per heavy atom. The molecule has 0 aromatic carbocycles. The monoisotopic (exact) mass is 517 g/mol. The Labute approximate surface area is 330 Å². The Bertz CT molecular complexity index is 667. The van der Waals surface area contributed by atoms with Gasteiger partial charge in [-0.25, -0.2) is 0 Å². The highest BCUT2D eigenvalue weighted by molar-refractivity contribution is 8.34. The molecule has 0 aliphatic rings. The summed E-state index contributed by atoms with van der Waals surface area (Å²) >= 11 is 0. The van der Waals surface area contributed by atoms with Crippen LogP contribution in [-0.2, 0) is 0 Å². The minimum Gasteiger partial charge on any atom is -0.690 e. The van der Waals surface area contributed by atoms with Gasteiger partial charge in [0.15, 0.2) is 0 Å². The molecule has 0 aromatic rings. The molecule has 142 valence electrons. The summed E-state index contributed by atoms with van der Waals surface area (Å²) < 4.78 is 0. The van der Waals surface area contributed by atoms with Gasteiger partial charge in [-0.15, -0.1) is 0 Å². The molecule has 50 radical (unpaired) electrons. The summed E-state index contributed by atoms with van der Waals surface area (Å²) in [6.07, 6.45) is -26.9. The largest absolute Gasteiger partial charge is 0.690 e. The molecule has 0 N–H and O–H groups in total. The van der Waals surface area contributed by atoms with Crippen molar-refractivity contribution >= 4 is 333 Å². The molecule has 47 heteroatoms. The van der Waals surface area contributed by atoms with Gasteiger partial charge in [0.1, 0.15) is 0 Å². The molecule has 0 bridgehead atoms. The van der Waals surface area contributed by atoms with Crippen LogP contribution in [-0.4, -0.2) is 333 Å². The minimum atomic E-state index is -1.30. The molecule has 0 aliphatic carbocycles. The maximum absolute atomic E-state index is 6.58. The second kappa shape index (κ2) is 23.1. The van der Waals surface area contributed by atoms with Gasteiger partial charge in [-0.2, -0.15) is 0 Å². The summed E-state index contributed by atoms with van der Waals surface area (Å²) in [5.41, 5.74) is 0. The van der Waals surface area contributed by atoms with Crippen molar-refractivity contribution in [2.75, 3.05) is 0 Å². The summed E-state index contributed by atoms with van der Waals surface area (Å²) in [5.74, 6) is 0. The summed E-state index contributed by atoms with van der Waals surface area (Å²) in [7, 11) is 154. The van der Waals surface area contributed by atoms with Gasteiger partial charge in [0, 0.05) is 0 Å². The van der Waals surface area contributed by atoms with Crippen molar-refractivity contribution < 1.29 is 0 Å². The number of rotatable bonds is 22. The Kier molecular flexibility index (Phi) is 24.6. The zero-order valence-electron chi connectivity index (χ0n) is 27.1. The van der Waals surface area contributed by atoms with Crippen molar-refractivity contribution in [1.29, 1.82) is 0 Å². The van der Waals surface area contributed by atoms with E-state index in [-0.39, 0.29) is 0 Å². The van der Waals surface area contributed by atoms with Crippen LogP contribution in [0.1, 0.15) is 0 Å². The van der Waals surface area contributed by atoms with Crippen LogP contribution in [0.25, 0.3) is 0 Å². The predicted octanol–water partition coefficient (Wildman–Crippen LogP) is -17.9. The third kappa shape index (κ3) is 13.7. The lowest BCUT2D eigenvalue weighted by Gasteiger charge is -2.56. The van der Waals surface area contributed by atoms with Crippen molar-refractivity contribution in [2.24, 2.45) is 0 Å². The van der Waals surface area contributed by atoms with E-state index in [2.05, 4.69) is 0 Å². The summed E-state index contributed by atoms with van der Waals surface area (Å²) in [4.78, 5) is 0. The molecule has 0 aromatic heterocycles. The van der Waals surface area contributed by atoms with Gasteiger partial charge in [0.05, 0.1) is 0 Å². The molecule has 0 nitrogen and oxygen atoms in total. The van der Waals surface area contributed by atoms with Crippen LogP contribution in [0.3, 0.4) is 0 Å². The Hall–Kier alpha value is 3.05. The Balaban J connectivity index is 9.21. The van der Waals surface area contributed by atoms with Gasteiger partial charge >= 0.3 is 0 Å². The van der Waals surface area contributed by atoms with E-state index in [0.29, 0.717) is 0 Å². The van der Waals surface area contributed by atoms with Crippen molar-refractivity contribution in [3.8, 4) is 0 Å². The highest BCUT2D eigenvalue weighted by atomic mass is 13.4. The van der Waals surface area contributed by atoms with Crippen molar-refractivity contribution in [3.63, 3.8) is 0 Å². The summed E-state index contributed by atoms with van der Waals surface area (Å²) in [6.45, 7) is 0. The highest BCUT2D eigenvalue weighted by Gasteiger charge is 2.59. The number of hydrogen-bond donors (Lipinski definition) is 0. The Morgan fingerprint density at radius 2 is 0.340 bits per heavy atom. The van der Waals surface area contributed by atoms with Crippen LogP contribution in [0.2, 0.25) is 0 Å². The van der Waals surface area contributed by atoms with Crippen molar-refractivity contribution in [2.45, 2.75) is 0 Å². The molecule has 0 rings (SSSR count). The summed E-state index contributed by atoms with van der Waals surface area (Å²) in [5, 5.41) is 0. The molecule has 47 heavy (non-hydrogen) atoms. The lowest BCUT2D eigenvalue weighted by atomic mass is 8.25. The topological polar surface area (TPSA) is 0 Å². The van der Waals surface area contributed by atoms with Gasteiger partial charge in [0.2, 0.25) is 0 Å². The molecule has 0 aliphatic heterocycles. The quantitative estimate of drug-likeness (QED) is 0.128. The molecular weight excluding hydrogens is 508 g/mol. The number of hydrogen-bond acceptors (Lipinski definition) is 0. The van der Waals surface area contributed by atoms with E-state index in [1.54, 1.807) is 0 Å². The van der Waals surface area contributed by atoms with Gasteiger partial charge in [-0.1, -0.05) is 0 Å². The smallest absolute Gasteiger partial charge is 0.0000000000000000739 e. The van der Waals surface area contributed by atoms with Crippen LogP contribution in [0.4, 0.5) is 0 Å². The van der Waals surface area contributed by atoms with E-state index in [9.17, 15) is 0 Å². The lowest BCUT2D eigenvalue weighted by molar-refractivity contribution is 3.19. The van der Waals surface area contributed by atoms with Crippen LogP contribution in [0, 0.1) is 0 Å². The summed E-state index contributed by atoms with van der Waals surface area (Å²) in [6, 6.07) is 0. The molecule has 0 fully saturated rings. The second-order valence-electron chi connectivity index (χ2n) is 12.9. The van der Waals surface area contributed by atoms with Gasteiger partial charge in [-0.3, -0.25) is 7.06 Å². The first-order valence-electron chi connectivity index (χ1n) is 15.3. The Morgan fingerprint density at radius 3 is 0.468 bits per heavy atom. The first-order chi connectivity index (χ1) is 21.4. The molecule has 0 amide bonds. The van der Waals surface area contributed by atoms with Crippen molar-refractivity contribution in [1.82, 2.24) is 0 Å². The fourth-order valence-electron chi connectivity index (χ4n) is 7.83. The maximum atomic E-state index is 6.58. The third-order valence-corrected chi connectivity index (χ3v) is 9.56. The molecule has 0 heterocycles. The van der Waals surface area contributed by atoms with Crippen LogP contribution in [0.15, 0.2) is 0 Å². The van der Waals surface area contributed by atoms with Gasteiger partial charge in [0.25, 0.3) is 0 Å². The standard InChI is InChI=1S/B47/c1-25-37(24)43(36(22)23)46(42(34(18)19)35(20)21)47(44(38(26(2)3)27(4)5)39(28(6)7)29(8)9)45(40(30(10)11)31(12)13)41(32(14)15)33(16)17/q-1. The van der Waals surface area contributed by atoms with E-state index in [0.717, 1.165) is 7.06 Å². The second-order valence-corrected chi connectivity index (χ2v) is 12.9. The fourth-order valence-corrected chi connectivity index (χ4v) is 7.83. The first-order valence-corrected chi connectivity index (χ1v) is 15.3. The molecular formula is B47-. The first kappa shape index (κ1) is 50.1. The highest BCUT2D eigenvalue weighted by Crippen LogP contribution is 2.21. The lowest BCUT2D eigenvalue weighted by Crippen LogP contribution is -2.94. The van der Waals surface area contributed by atoms with Gasteiger partial charge in [-0.05, 0) is 318 Å². The van der Waals surface area contributed by atoms with E-state index in [4.69, 9.17) is 186 Å². The van der Waals surface area contributed by atoms with Crippen molar-refractivity contribution in [3.05, 3.63) is 0 Å². The van der Waals surface area contributed by atoms with E-state index < -0.39 is 140 Å². The zero-order chi connectivity index (χ0) is 37.4. The normalized spacial score (nSPS) is 9.64. The average molecular weight is 508 g/mol. The molecule has 0 atom stereocenters. The molecule has 0 saturated heterocycles. The van der Waals surface area contributed by atoms with Crippen LogP contribution >= 0.6 is 0 Å². The van der Waals surface area contributed by atoms with E-state index in [1.165, 1.54) is 0 Å². The molecule has 0 spiro atoms. The van der Waals surface area contributed by atoms with Crippen LogP contribution < -0.4 is 0 Å². The fraction of sp³-hybridized carbons (Fsp3) is 0. The van der Waals surface area contributed by atoms with Gasteiger partial charge < -0.3 is 7.74 Å². The van der Waals surface area contributed by atoms with E-state index >= 15 is 0 Å². The minimum absolute atomic E-state index is 1.09. The SMILES string of the molecule is [B]B([B])B(B([B])[B])B(B(B([B])[B])B([B])[B])B(B(B(B([B])[B])B([B])[B])B(B([B])[B])B([B])[B])B(B(B([B])[B])B([B])[B])B(B([B])[B])B([B])[B][B-]. The average Bonchev–Trinajstić information content (AvgIpc) is 2.86. The maximum Gasteiger partial charge on any atom is -0.0000000000000000739 e. The molecule has 0 unspecified atom stereocenters. The zero-order valence-corrected chi connectivity index (χ0v) is 27.1. The third-order valence-electron chi connectivity index (χ3n) is 9.56. The predicted molar refractivity (Wildman–Crippen MR) is 270 cm³/mol.